The molecule has 0 saturated heterocycles. The molecule has 3 heterocycles. The fourth-order valence-corrected chi connectivity index (χ4v) is 5.65. The lowest BCUT2D eigenvalue weighted by Gasteiger charge is -2.19. The number of imidazole rings is 1. The molecule has 2 unspecified atom stereocenters. The maximum atomic E-state index is 13.6. The van der Waals surface area contributed by atoms with Gasteiger partial charge in [0, 0.05) is 35.3 Å². The van der Waals surface area contributed by atoms with Gasteiger partial charge in [0.1, 0.15) is 0 Å². The number of H-pyrrole nitrogens is 1. The number of aromatic nitrogens is 7. The van der Waals surface area contributed by atoms with E-state index in [1.54, 1.807) is 0 Å². The molecule has 188 valence electrons. The van der Waals surface area contributed by atoms with Crippen LogP contribution in [0.25, 0.3) is 22.6 Å². The number of aromatic amines is 1. The van der Waals surface area contributed by atoms with E-state index >= 15 is 0 Å². The van der Waals surface area contributed by atoms with Crippen molar-refractivity contribution < 1.29 is 0 Å². The number of unbranched alkanes of at least 4 members (excludes halogenated alkanes) is 1. The molecule has 8 nitrogen and oxygen atoms in total. The van der Waals surface area contributed by atoms with E-state index in [-0.39, 0.29) is 5.69 Å². The second-order valence-corrected chi connectivity index (χ2v) is 9.89. The molecule has 8 heteroatoms. The first kappa shape index (κ1) is 24.2. The molecule has 1 aromatic carbocycles. The van der Waals surface area contributed by atoms with Gasteiger partial charge < -0.3 is 0 Å². The van der Waals surface area contributed by atoms with Crippen LogP contribution in [-0.4, -0.2) is 34.7 Å². The molecule has 0 amide bonds. The molecule has 1 saturated carbocycles. The van der Waals surface area contributed by atoms with Crippen LogP contribution in [0.15, 0.2) is 53.6 Å². The summed E-state index contributed by atoms with van der Waals surface area (Å²) in [5, 5.41) is 14.3. The molecule has 3 aromatic heterocycles. The number of pyridine rings is 1. The Balaban J connectivity index is 1.43. The number of tetrazole rings is 1. The second-order valence-electron chi connectivity index (χ2n) is 9.89. The van der Waals surface area contributed by atoms with Crippen LogP contribution in [-0.2, 0) is 13.0 Å². The predicted octanol–water partition coefficient (Wildman–Crippen LogP) is 5.42. The third kappa shape index (κ3) is 4.90. The maximum absolute atomic E-state index is 13.6. The summed E-state index contributed by atoms with van der Waals surface area (Å²) in [7, 11) is 0. The van der Waals surface area contributed by atoms with Crippen LogP contribution >= 0.6 is 0 Å². The van der Waals surface area contributed by atoms with Gasteiger partial charge in [0.05, 0.1) is 12.2 Å². The smallest absolute Gasteiger partial charge is 0.296 e. The third-order valence-corrected chi connectivity index (χ3v) is 7.48. The Morgan fingerprint density at radius 3 is 2.64 bits per heavy atom. The number of nitrogens with one attached hydrogen (secondary N) is 1. The third-order valence-electron chi connectivity index (χ3n) is 7.48. The highest BCUT2D eigenvalue weighted by Crippen LogP contribution is 2.38. The first-order valence-corrected chi connectivity index (χ1v) is 13.3. The monoisotopic (exact) mass is 485 g/mol. The number of hydrogen-bond donors (Lipinski definition) is 1. The zero-order valence-electron chi connectivity index (χ0n) is 21.2. The number of aryl methyl sites for hydroxylation is 1. The van der Waals surface area contributed by atoms with Gasteiger partial charge in [-0.2, -0.15) is 0 Å². The van der Waals surface area contributed by atoms with Crippen LogP contribution in [0.5, 0.6) is 0 Å². The van der Waals surface area contributed by atoms with Gasteiger partial charge in [0.25, 0.3) is 0 Å². The first-order chi connectivity index (χ1) is 17.7. The Bertz CT molecular complexity index is 1320. The number of nitrogens with zero attached hydrogens (tertiary/aromatic N) is 6. The Hall–Kier alpha value is -3.55. The van der Waals surface area contributed by atoms with E-state index in [0.29, 0.717) is 24.3 Å². The van der Waals surface area contributed by atoms with Crippen LogP contribution < -0.4 is 5.69 Å². The topological polar surface area (TPSA) is 94.3 Å². The first-order valence-electron chi connectivity index (χ1n) is 13.3. The van der Waals surface area contributed by atoms with Gasteiger partial charge in [-0.1, -0.05) is 63.4 Å². The fourth-order valence-electron chi connectivity index (χ4n) is 5.65. The zero-order chi connectivity index (χ0) is 24.9. The molecular weight excluding hydrogens is 450 g/mol. The number of benzene rings is 1. The summed E-state index contributed by atoms with van der Waals surface area (Å²) in [5.41, 5.74) is 4.98. The lowest BCUT2D eigenvalue weighted by Crippen LogP contribution is -2.29. The van der Waals surface area contributed by atoms with Crippen LogP contribution in [0.3, 0.4) is 0 Å². The summed E-state index contributed by atoms with van der Waals surface area (Å²) < 4.78 is 4.03. The quantitative estimate of drug-likeness (QED) is 0.323. The van der Waals surface area contributed by atoms with Crippen LogP contribution in [0.2, 0.25) is 0 Å². The van der Waals surface area contributed by atoms with Crippen molar-refractivity contribution >= 4 is 0 Å². The highest BCUT2D eigenvalue weighted by molar-refractivity contribution is 5.78. The van der Waals surface area contributed by atoms with E-state index in [1.165, 1.54) is 25.7 Å². The van der Waals surface area contributed by atoms with Gasteiger partial charge >= 0.3 is 5.69 Å². The number of hydrogen-bond acceptors (Lipinski definition) is 5. The molecular formula is C28H35N7O. The van der Waals surface area contributed by atoms with Gasteiger partial charge in [-0.15, -0.1) is 5.10 Å². The molecule has 5 rings (SSSR count). The standard InChI is InChI=1S/C28H35N7O/c1-3-5-11-22-19-35(26-14-8-10-21(26)9-4-2)28(36)34(22)18-20-15-16-25(29-17-20)23-12-6-7-13-24(23)27-30-32-33-31-27/h6-7,12-13,15-17,19,21,26H,3-5,8-11,14,18H2,1-2H3,(H,30,31,32,33). The summed E-state index contributed by atoms with van der Waals surface area (Å²) in [5.74, 6) is 1.22. The average Bonchev–Trinajstić information content (AvgIpc) is 3.66. The van der Waals surface area contributed by atoms with Gasteiger partial charge in [-0.3, -0.25) is 14.1 Å². The summed E-state index contributed by atoms with van der Waals surface area (Å²) in [6, 6.07) is 12.4. The van der Waals surface area contributed by atoms with Gasteiger partial charge in [-0.25, -0.2) is 9.89 Å². The second kappa shape index (κ2) is 11.0. The van der Waals surface area contributed by atoms with E-state index in [4.69, 9.17) is 4.98 Å². The molecule has 36 heavy (non-hydrogen) atoms. The Morgan fingerprint density at radius 1 is 1.06 bits per heavy atom. The molecule has 4 aromatic rings. The molecule has 1 fully saturated rings. The van der Waals surface area contributed by atoms with E-state index in [9.17, 15) is 4.79 Å². The summed E-state index contributed by atoms with van der Waals surface area (Å²) in [6.45, 7) is 4.98. The zero-order valence-corrected chi connectivity index (χ0v) is 21.2. The Labute approximate surface area is 211 Å². The summed E-state index contributed by atoms with van der Waals surface area (Å²) in [4.78, 5) is 18.4. The van der Waals surface area contributed by atoms with Crippen LogP contribution in [0.4, 0.5) is 0 Å². The van der Waals surface area contributed by atoms with E-state index < -0.39 is 0 Å². The van der Waals surface area contributed by atoms with Crippen molar-refractivity contribution in [3.63, 3.8) is 0 Å². The summed E-state index contributed by atoms with van der Waals surface area (Å²) in [6.07, 6.45) is 13.1. The van der Waals surface area contributed by atoms with Gasteiger partial charge in [-0.05, 0) is 60.1 Å². The van der Waals surface area contributed by atoms with Crippen LogP contribution in [0.1, 0.15) is 76.1 Å². The lowest BCUT2D eigenvalue weighted by atomic mass is 9.98. The fraction of sp³-hybridized carbons (Fsp3) is 0.464. The minimum atomic E-state index is 0.126. The van der Waals surface area contributed by atoms with Crippen molar-refractivity contribution in [2.75, 3.05) is 0 Å². The van der Waals surface area contributed by atoms with Crippen molar-refractivity contribution in [3.05, 3.63) is 70.5 Å². The van der Waals surface area contributed by atoms with Gasteiger partial charge in [0.15, 0.2) is 5.82 Å². The number of rotatable bonds is 10. The molecule has 0 radical (unpaired) electrons. The van der Waals surface area contributed by atoms with Crippen molar-refractivity contribution in [2.45, 2.75) is 77.8 Å². The molecule has 0 aliphatic heterocycles. The highest BCUT2D eigenvalue weighted by Gasteiger charge is 2.30. The van der Waals surface area contributed by atoms with Crippen molar-refractivity contribution in [1.29, 1.82) is 0 Å². The van der Waals surface area contributed by atoms with Crippen molar-refractivity contribution in [3.8, 4) is 22.6 Å². The average molecular weight is 486 g/mol. The normalized spacial score (nSPS) is 17.6. The van der Waals surface area contributed by atoms with Crippen LogP contribution in [0, 0.1) is 5.92 Å². The molecule has 1 aliphatic carbocycles. The molecule has 2 atom stereocenters. The molecule has 0 spiro atoms. The Kier molecular flexibility index (Phi) is 7.39. The van der Waals surface area contributed by atoms with Crippen molar-refractivity contribution in [2.24, 2.45) is 5.92 Å². The SMILES string of the molecule is CCCCc1cn(C2CCCC2CCC)c(=O)n1Cc1ccc(-c2ccccc2-c2nnn[nH]2)nc1. The molecule has 0 bridgehead atoms. The van der Waals surface area contributed by atoms with Gasteiger partial charge in [0.2, 0.25) is 0 Å². The van der Waals surface area contributed by atoms with E-state index in [1.807, 2.05) is 41.1 Å². The molecule has 1 aliphatic rings. The minimum Gasteiger partial charge on any atom is -0.296 e. The predicted molar refractivity (Wildman–Crippen MR) is 141 cm³/mol. The lowest BCUT2D eigenvalue weighted by molar-refractivity contribution is 0.346. The van der Waals surface area contributed by atoms with E-state index in [2.05, 4.69) is 51.3 Å². The largest absolute Gasteiger partial charge is 0.328 e. The van der Waals surface area contributed by atoms with Crippen molar-refractivity contribution in [1.82, 2.24) is 34.7 Å². The highest BCUT2D eigenvalue weighted by atomic mass is 16.1. The van der Waals surface area contributed by atoms with E-state index in [0.717, 1.165) is 53.8 Å². The molecule has 1 N–H and O–H groups in total. The maximum Gasteiger partial charge on any atom is 0.328 e. The Morgan fingerprint density at radius 2 is 1.92 bits per heavy atom. The minimum absolute atomic E-state index is 0.126. The summed E-state index contributed by atoms with van der Waals surface area (Å²) >= 11 is 0.